The molecule has 2 heterocycles. The molecule has 18 heteroatoms. The minimum absolute atomic E-state index is 0.00349. The second kappa shape index (κ2) is 23.4. The number of hydrogen-bond acceptors (Lipinski definition) is 13. The molecule has 4 unspecified atom stereocenters. The Morgan fingerprint density at radius 3 is 2.13 bits per heavy atom. The molecule has 0 spiro atoms. The average Bonchev–Trinajstić information content (AvgIpc) is 4.14. The predicted octanol–water partition coefficient (Wildman–Crippen LogP) is 3.16. The lowest BCUT2D eigenvalue weighted by atomic mass is 9.90. The van der Waals surface area contributed by atoms with Crippen LogP contribution in [-0.2, 0) is 31.0 Å². The van der Waals surface area contributed by atoms with Crippen molar-refractivity contribution in [1.82, 2.24) is 36.1 Å². The number of hydrogen-bond donors (Lipinski definition) is 7. The fourth-order valence-electron chi connectivity index (χ4n) is 8.86. The molecule has 3 aromatic carbocycles. The molecule has 4 bridgehead atoms. The summed E-state index contributed by atoms with van der Waals surface area (Å²) >= 11 is 0. The van der Waals surface area contributed by atoms with Gasteiger partial charge in [-0.05, 0) is 99.4 Å². The first-order valence-electron chi connectivity index (χ1n) is 23.6. The van der Waals surface area contributed by atoms with E-state index in [4.69, 9.17) is 36.6 Å². The largest absolute Gasteiger partial charge is 0.492 e. The summed E-state index contributed by atoms with van der Waals surface area (Å²) in [5, 5.41) is 20.0. The number of carbonyl (C=O) groups excluding carboxylic acids is 5. The zero-order valence-electron chi connectivity index (χ0n) is 40.2. The molecular formula is C51H65N11O7. The molecule has 0 saturated heterocycles. The molecule has 69 heavy (non-hydrogen) atoms. The van der Waals surface area contributed by atoms with Crippen LogP contribution in [-0.4, -0.2) is 109 Å². The van der Waals surface area contributed by atoms with E-state index in [1.165, 1.54) is 50.1 Å². The Bertz CT molecular complexity index is 2530. The standard InChI is InChI=1S/C51H65N11O7/c1-6-7-17-51(18-19-51)36-12-9-34(10-13-36)45-57-30(2)43(31(3)58-45)48(65)60-39(16-20-52)50(67)62(5)44-35-11-15-42(69-26-23-55)38(29-35)37-27-33(8-14-41(37)68-25-22-54)28-40(47(64)56-24-21-53)61-46(63)32(4)59-49(44)66/h8-15,27,29,32,39-40,44H,6-7,16-20,22-26,28,52,54-55H2,1-5H3,(H,56,64)(H,59,66)(H,60,65)(H,61,63). The van der Waals surface area contributed by atoms with Gasteiger partial charge >= 0.3 is 0 Å². The number of fused-ring (bicyclic) bond motifs is 5. The summed E-state index contributed by atoms with van der Waals surface area (Å²) < 4.78 is 12.2. The molecular weight excluding hydrogens is 879 g/mol. The van der Waals surface area contributed by atoms with E-state index in [1.807, 2.05) is 18.2 Å². The maximum absolute atomic E-state index is 14.8. The van der Waals surface area contributed by atoms with Gasteiger partial charge in [0, 0.05) is 43.2 Å². The zero-order chi connectivity index (χ0) is 49.8. The van der Waals surface area contributed by atoms with Crippen molar-refractivity contribution < 1.29 is 33.4 Å². The van der Waals surface area contributed by atoms with E-state index in [2.05, 4.69) is 40.3 Å². The van der Waals surface area contributed by atoms with Gasteiger partial charge in [-0.3, -0.25) is 24.0 Å². The maximum atomic E-state index is 14.8. The molecule has 1 aromatic heterocycles. The quantitative estimate of drug-likeness (QED) is 0.0667. The summed E-state index contributed by atoms with van der Waals surface area (Å²) in [4.78, 5) is 81.4. The van der Waals surface area contributed by atoms with Gasteiger partial charge in [-0.25, -0.2) is 9.97 Å². The van der Waals surface area contributed by atoms with Crippen LogP contribution >= 0.6 is 0 Å². The van der Waals surface area contributed by atoms with E-state index in [-0.39, 0.29) is 63.2 Å². The molecule has 1 fully saturated rings. The summed E-state index contributed by atoms with van der Waals surface area (Å²) in [6.45, 7) is 7.47. The van der Waals surface area contributed by atoms with Crippen molar-refractivity contribution in [2.75, 3.05) is 46.4 Å². The third-order valence-corrected chi connectivity index (χ3v) is 12.7. The lowest BCUT2D eigenvalue weighted by Crippen LogP contribution is -2.56. The monoisotopic (exact) mass is 944 g/mol. The normalized spacial score (nSPS) is 17.8. The van der Waals surface area contributed by atoms with E-state index in [0.717, 1.165) is 12.0 Å². The number of nitrogens with two attached hydrogens (primary N) is 3. The van der Waals surface area contributed by atoms with Crippen molar-refractivity contribution in [1.29, 1.82) is 5.26 Å². The van der Waals surface area contributed by atoms with E-state index < -0.39 is 53.7 Å². The van der Waals surface area contributed by atoms with Crippen molar-refractivity contribution >= 4 is 29.5 Å². The Hall–Kier alpha value is -6.94. The molecule has 18 nitrogen and oxygen atoms in total. The van der Waals surface area contributed by atoms with Crippen molar-refractivity contribution in [3.8, 4) is 40.1 Å². The van der Waals surface area contributed by atoms with Crippen LogP contribution in [0, 0.1) is 25.2 Å². The highest BCUT2D eigenvalue weighted by Gasteiger charge is 2.43. The van der Waals surface area contributed by atoms with E-state index in [0.29, 0.717) is 51.0 Å². The molecule has 1 aliphatic heterocycles. The van der Waals surface area contributed by atoms with Gasteiger partial charge in [0.05, 0.1) is 23.0 Å². The molecule has 5 amide bonds. The van der Waals surface area contributed by atoms with Gasteiger partial charge in [0.25, 0.3) is 5.91 Å². The Morgan fingerprint density at radius 2 is 1.54 bits per heavy atom. The minimum atomic E-state index is -1.40. The Kier molecular flexibility index (Phi) is 17.4. The second-order valence-corrected chi connectivity index (χ2v) is 17.7. The van der Waals surface area contributed by atoms with Crippen molar-refractivity contribution in [3.63, 3.8) is 0 Å². The lowest BCUT2D eigenvalue weighted by molar-refractivity contribution is -0.141. The highest BCUT2D eigenvalue weighted by Crippen LogP contribution is 2.52. The molecule has 366 valence electrons. The number of ether oxygens (including phenoxy) is 2. The highest BCUT2D eigenvalue weighted by molar-refractivity contribution is 6.00. The predicted molar refractivity (Wildman–Crippen MR) is 261 cm³/mol. The van der Waals surface area contributed by atoms with Crippen LogP contribution in [0.3, 0.4) is 0 Å². The average molecular weight is 944 g/mol. The highest BCUT2D eigenvalue weighted by atomic mass is 16.5. The van der Waals surface area contributed by atoms with Crippen molar-refractivity contribution in [3.05, 3.63) is 94.3 Å². The number of benzene rings is 3. The van der Waals surface area contributed by atoms with E-state index in [9.17, 15) is 29.2 Å². The summed E-state index contributed by atoms with van der Waals surface area (Å²) in [5.74, 6) is -2.06. The number of nitriles is 1. The van der Waals surface area contributed by atoms with E-state index in [1.54, 1.807) is 50.2 Å². The smallest absolute Gasteiger partial charge is 0.255 e. The third kappa shape index (κ3) is 12.2. The third-order valence-electron chi connectivity index (χ3n) is 12.7. The Morgan fingerprint density at radius 1 is 0.899 bits per heavy atom. The van der Waals surface area contributed by atoms with Crippen LogP contribution in [0.4, 0.5) is 0 Å². The van der Waals surface area contributed by atoms with Gasteiger partial charge < -0.3 is 52.8 Å². The van der Waals surface area contributed by atoms with Gasteiger partial charge in [0.1, 0.15) is 55.4 Å². The van der Waals surface area contributed by atoms with Crippen LogP contribution in [0.15, 0.2) is 60.7 Å². The number of unbranched alkanes of at least 4 members (excludes halogenated alkanes) is 1. The van der Waals surface area contributed by atoms with E-state index >= 15 is 0 Å². The van der Waals surface area contributed by atoms with Gasteiger partial charge in [-0.2, -0.15) is 5.26 Å². The first-order valence-corrected chi connectivity index (χ1v) is 23.6. The topological polar surface area (TPSA) is 283 Å². The Labute approximate surface area is 403 Å². The summed E-state index contributed by atoms with van der Waals surface area (Å²) in [6.07, 6.45) is 5.91. The minimum Gasteiger partial charge on any atom is -0.492 e. The van der Waals surface area contributed by atoms with Gasteiger partial charge in [-0.1, -0.05) is 56.2 Å². The van der Waals surface area contributed by atoms with Gasteiger partial charge in [0.2, 0.25) is 23.6 Å². The number of nitrogens with zero attached hydrogens (tertiary/aromatic N) is 4. The summed E-state index contributed by atoms with van der Waals surface area (Å²) in [5.41, 5.74) is 23.1. The number of likely N-dealkylation sites (N-methyl/N-ethyl adjacent to an activating group) is 1. The maximum Gasteiger partial charge on any atom is 0.255 e. The fraction of sp³-hybridized carbons (Fsp3) is 0.451. The van der Waals surface area contributed by atoms with Gasteiger partial charge in [0.15, 0.2) is 5.82 Å². The first-order chi connectivity index (χ1) is 33.2. The molecule has 1 saturated carbocycles. The van der Waals surface area contributed by atoms with Gasteiger partial charge in [-0.15, -0.1) is 0 Å². The number of nitrogens with one attached hydrogen (secondary N) is 4. The molecule has 0 radical (unpaired) electrons. The summed E-state index contributed by atoms with van der Waals surface area (Å²) in [7, 11) is 1.43. The van der Waals surface area contributed by atoms with Crippen molar-refractivity contribution in [2.45, 2.75) is 102 Å². The van der Waals surface area contributed by atoms with Crippen molar-refractivity contribution in [2.24, 2.45) is 17.2 Å². The zero-order valence-corrected chi connectivity index (χ0v) is 40.2. The van der Waals surface area contributed by atoms with Crippen LogP contribution in [0.1, 0.15) is 96.9 Å². The molecule has 4 aromatic rings. The lowest BCUT2D eigenvalue weighted by Gasteiger charge is -2.32. The molecule has 1 aliphatic carbocycles. The fourth-order valence-corrected chi connectivity index (χ4v) is 8.86. The Balaban J connectivity index is 1.35. The molecule has 6 rings (SSSR count). The number of carbonyl (C=O) groups is 5. The van der Waals surface area contributed by atoms with Crippen LogP contribution in [0.25, 0.3) is 22.5 Å². The van der Waals surface area contributed by atoms with Crippen LogP contribution in [0.2, 0.25) is 0 Å². The number of amides is 5. The summed E-state index contributed by atoms with van der Waals surface area (Å²) in [6, 6.07) is 15.4. The van der Waals surface area contributed by atoms with Crippen LogP contribution < -0.4 is 47.9 Å². The first kappa shape index (κ1) is 51.5. The second-order valence-electron chi connectivity index (χ2n) is 17.7. The molecule has 10 N–H and O–H groups in total. The SMILES string of the molecule is CCCCC1(c2ccc(-c3nc(C)c(C(=O)NC(CCN)C(=O)N(C)C4C(=O)NC(C)C(=O)NC(C(=O)NCC#N)Cc5ccc(OCCN)c(c5)-c5cc4ccc5OCCN)c(C)n3)cc2)CC1. The number of aromatic nitrogens is 2. The number of aryl methyl sites for hydroxylation is 2. The molecule has 4 atom stereocenters. The molecule has 2 aliphatic rings. The van der Waals surface area contributed by atoms with Crippen LogP contribution in [0.5, 0.6) is 11.5 Å². The number of rotatable bonds is 19.